The highest BCUT2D eigenvalue weighted by atomic mass is 16.3. The first-order chi connectivity index (χ1) is 22.3. The fraction of sp³-hybridized carbons (Fsp3) is 0.0476. The molecule has 1 aliphatic rings. The van der Waals surface area contributed by atoms with Gasteiger partial charge in [0, 0.05) is 49.0 Å². The van der Waals surface area contributed by atoms with Crippen molar-refractivity contribution in [2.45, 2.75) is 12.5 Å². The number of aromatic nitrogens is 2. The molecule has 6 aromatic carbocycles. The standard InChI is InChI=1S/C42H28N2O/c1-2-10-29(11-3-1)43-39-17-9-6-14-33(39)34-24-27(18-21-40(34)43)28-19-22-41-35(25-28)36-26-30(20-23-42(36)45-41)44-37-15-7-4-12-31(37)32-13-5-8-16-38(32)44/h1-10,12-26,29H,11H2. The molecule has 212 valence electrons. The van der Waals surface area contributed by atoms with Crippen LogP contribution in [0.15, 0.2) is 156 Å². The van der Waals surface area contributed by atoms with Crippen molar-refractivity contribution in [3.05, 3.63) is 152 Å². The number of para-hydroxylation sites is 3. The van der Waals surface area contributed by atoms with Crippen molar-refractivity contribution in [2.75, 3.05) is 0 Å². The molecule has 10 rings (SSSR count). The molecule has 0 spiro atoms. The van der Waals surface area contributed by atoms with Gasteiger partial charge in [0.05, 0.1) is 17.1 Å². The zero-order chi connectivity index (χ0) is 29.5. The maximum atomic E-state index is 6.36. The number of nitrogens with zero attached hydrogens (tertiary/aromatic N) is 2. The molecule has 0 saturated heterocycles. The highest BCUT2D eigenvalue weighted by Gasteiger charge is 2.18. The molecule has 1 aliphatic carbocycles. The molecular weight excluding hydrogens is 548 g/mol. The Morgan fingerprint density at radius 1 is 0.489 bits per heavy atom. The fourth-order valence-corrected chi connectivity index (χ4v) is 7.58. The van der Waals surface area contributed by atoms with Gasteiger partial charge in [-0.2, -0.15) is 0 Å². The van der Waals surface area contributed by atoms with E-state index in [1.807, 2.05) is 0 Å². The summed E-state index contributed by atoms with van der Waals surface area (Å²) in [5.41, 5.74) is 10.3. The van der Waals surface area contributed by atoms with Gasteiger partial charge in [-0.3, -0.25) is 0 Å². The van der Waals surface area contributed by atoms with Gasteiger partial charge in [0.2, 0.25) is 0 Å². The second kappa shape index (κ2) is 9.35. The van der Waals surface area contributed by atoms with Crippen molar-refractivity contribution in [1.82, 2.24) is 9.13 Å². The van der Waals surface area contributed by atoms with Crippen LogP contribution in [0.1, 0.15) is 12.5 Å². The van der Waals surface area contributed by atoms with Gasteiger partial charge in [-0.15, -0.1) is 0 Å². The lowest BCUT2D eigenvalue weighted by Gasteiger charge is -2.18. The summed E-state index contributed by atoms with van der Waals surface area (Å²) in [6, 6.07) is 46.5. The average Bonchev–Trinajstić information content (AvgIpc) is 3.75. The molecule has 0 aliphatic heterocycles. The normalized spacial score (nSPS) is 15.1. The number of hydrogen-bond donors (Lipinski definition) is 0. The van der Waals surface area contributed by atoms with Crippen LogP contribution < -0.4 is 0 Å². The van der Waals surface area contributed by atoms with E-state index in [0.717, 1.165) is 34.0 Å². The molecule has 0 amide bonds. The summed E-state index contributed by atoms with van der Waals surface area (Å²) in [4.78, 5) is 0. The molecule has 3 heterocycles. The molecule has 0 N–H and O–H groups in total. The summed E-state index contributed by atoms with van der Waals surface area (Å²) in [7, 11) is 0. The largest absolute Gasteiger partial charge is 0.456 e. The van der Waals surface area contributed by atoms with E-state index in [4.69, 9.17) is 4.42 Å². The molecular formula is C42H28N2O. The quantitative estimate of drug-likeness (QED) is 0.205. The molecule has 0 radical (unpaired) electrons. The van der Waals surface area contributed by atoms with Crippen LogP contribution in [0.2, 0.25) is 0 Å². The summed E-state index contributed by atoms with van der Waals surface area (Å²) >= 11 is 0. The van der Waals surface area contributed by atoms with E-state index in [-0.39, 0.29) is 0 Å². The van der Waals surface area contributed by atoms with Gasteiger partial charge < -0.3 is 13.6 Å². The van der Waals surface area contributed by atoms with Crippen molar-refractivity contribution in [2.24, 2.45) is 0 Å². The molecule has 45 heavy (non-hydrogen) atoms. The Morgan fingerprint density at radius 2 is 1.07 bits per heavy atom. The van der Waals surface area contributed by atoms with E-state index < -0.39 is 0 Å². The highest BCUT2D eigenvalue weighted by molar-refractivity contribution is 6.12. The second-order valence-electron chi connectivity index (χ2n) is 12.1. The van der Waals surface area contributed by atoms with Gasteiger partial charge in [0.25, 0.3) is 0 Å². The first kappa shape index (κ1) is 24.6. The van der Waals surface area contributed by atoms with Gasteiger partial charge >= 0.3 is 0 Å². The van der Waals surface area contributed by atoms with Crippen LogP contribution in [0.3, 0.4) is 0 Å². The maximum absolute atomic E-state index is 6.36. The third kappa shape index (κ3) is 3.58. The minimum absolute atomic E-state index is 0.320. The van der Waals surface area contributed by atoms with Gasteiger partial charge in [0.15, 0.2) is 0 Å². The molecule has 9 aromatic rings. The summed E-state index contributed by atoms with van der Waals surface area (Å²) in [6.07, 6.45) is 9.89. The molecule has 3 nitrogen and oxygen atoms in total. The Hall–Kier alpha value is -5.80. The number of hydrogen-bond acceptors (Lipinski definition) is 1. The average molecular weight is 577 g/mol. The van der Waals surface area contributed by atoms with Crippen LogP contribution >= 0.6 is 0 Å². The predicted octanol–water partition coefficient (Wildman–Crippen LogP) is 11.5. The van der Waals surface area contributed by atoms with E-state index in [1.165, 1.54) is 54.7 Å². The number of rotatable bonds is 3. The van der Waals surface area contributed by atoms with Gasteiger partial charge in [-0.05, 0) is 78.2 Å². The zero-order valence-electron chi connectivity index (χ0n) is 24.5. The van der Waals surface area contributed by atoms with Gasteiger partial charge in [-0.1, -0.05) is 91.0 Å². The minimum atomic E-state index is 0.320. The van der Waals surface area contributed by atoms with Crippen LogP contribution in [0.5, 0.6) is 0 Å². The lowest BCUT2D eigenvalue weighted by atomic mass is 10.0. The molecule has 0 fully saturated rings. The minimum Gasteiger partial charge on any atom is -0.456 e. The van der Waals surface area contributed by atoms with Crippen molar-refractivity contribution in [3.63, 3.8) is 0 Å². The van der Waals surface area contributed by atoms with Crippen LogP contribution in [0.25, 0.3) is 82.4 Å². The van der Waals surface area contributed by atoms with Gasteiger partial charge in [0.1, 0.15) is 11.2 Å². The number of allylic oxidation sites excluding steroid dienone is 4. The van der Waals surface area contributed by atoms with E-state index >= 15 is 0 Å². The molecule has 1 unspecified atom stereocenters. The summed E-state index contributed by atoms with van der Waals surface area (Å²) in [5, 5.41) is 7.37. The number of benzene rings is 6. The molecule has 3 heteroatoms. The summed E-state index contributed by atoms with van der Waals surface area (Å²) < 4.78 is 11.2. The molecule has 1 atom stereocenters. The predicted molar refractivity (Wildman–Crippen MR) is 188 cm³/mol. The fourth-order valence-electron chi connectivity index (χ4n) is 7.58. The van der Waals surface area contributed by atoms with Crippen molar-refractivity contribution < 1.29 is 4.42 Å². The lowest BCUT2D eigenvalue weighted by molar-refractivity contribution is 0.648. The Bertz CT molecular complexity index is 2640. The SMILES string of the molecule is C1=CCC(n2c3ccccc3c3cc(-c4ccc5oc6ccc(-n7c8ccccc8c8ccccc87)cc6c5c4)ccc32)C=C1. The van der Waals surface area contributed by atoms with E-state index in [1.54, 1.807) is 0 Å². The maximum Gasteiger partial charge on any atom is 0.135 e. The smallest absolute Gasteiger partial charge is 0.135 e. The highest BCUT2D eigenvalue weighted by Crippen LogP contribution is 2.39. The number of fused-ring (bicyclic) bond motifs is 9. The van der Waals surface area contributed by atoms with E-state index in [2.05, 4.69) is 161 Å². The van der Waals surface area contributed by atoms with Crippen LogP contribution in [0, 0.1) is 0 Å². The molecule has 3 aromatic heterocycles. The summed E-state index contributed by atoms with van der Waals surface area (Å²) in [5.74, 6) is 0. The van der Waals surface area contributed by atoms with Crippen molar-refractivity contribution in [1.29, 1.82) is 0 Å². The zero-order valence-corrected chi connectivity index (χ0v) is 24.5. The third-order valence-electron chi connectivity index (χ3n) is 9.62. The number of furan rings is 1. The monoisotopic (exact) mass is 576 g/mol. The first-order valence-corrected chi connectivity index (χ1v) is 15.6. The lowest BCUT2D eigenvalue weighted by Crippen LogP contribution is -2.06. The Labute approximate surface area is 259 Å². The van der Waals surface area contributed by atoms with Crippen LogP contribution in [-0.2, 0) is 0 Å². The van der Waals surface area contributed by atoms with Crippen LogP contribution in [0.4, 0.5) is 0 Å². The van der Waals surface area contributed by atoms with E-state index in [9.17, 15) is 0 Å². The van der Waals surface area contributed by atoms with Gasteiger partial charge in [-0.25, -0.2) is 0 Å². The van der Waals surface area contributed by atoms with E-state index in [0.29, 0.717) is 6.04 Å². The Morgan fingerprint density at radius 3 is 1.78 bits per heavy atom. The van der Waals surface area contributed by atoms with Crippen molar-refractivity contribution in [3.8, 4) is 16.8 Å². The third-order valence-corrected chi connectivity index (χ3v) is 9.62. The molecule has 0 saturated carbocycles. The topological polar surface area (TPSA) is 23.0 Å². The Kier molecular flexibility index (Phi) is 5.11. The molecule has 0 bridgehead atoms. The Balaban J connectivity index is 1.15. The first-order valence-electron chi connectivity index (χ1n) is 15.6. The summed E-state index contributed by atoms with van der Waals surface area (Å²) in [6.45, 7) is 0. The van der Waals surface area contributed by atoms with Crippen LogP contribution in [-0.4, -0.2) is 9.13 Å². The van der Waals surface area contributed by atoms with Crippen molar-refractivity contribution >= 4 is 65.6 Å². The second-order valence-corrected chi connectivity index (χ2v) is 12.1.